The van der Waals surface area contributed by atoms with E-state index in [2.05, 4.69) is 4.98 Å². The highest BCUT2D eigenvalue weighted by atomic mass is 16.5. The number of hydrogen-bond donors (Lipinski definition) is 0. The number of Topliss-reactive ketones (excluding diaryl/α,β-unsaturated/α-hetero) is 1. The quantitative estimate of drug-likeness (QED) is 0.846. The van der Waals surface area contributed by atoms with Crippen LogP contribution < -0.4 is 4.74 Å². The summed E-state index contributed by atoms with van der Waals surface area (Å²) in [6, 6.07) is 9.10. The van der Waals surface area contributed by atoms with Gasteiger partial charge in [0.2, 0.25) is 5.78 Å². The molecule has 2 aliphatic rings. The Labute approximate surface area is 151 Å². The van der Waals surface area contributed by atoms with Crippen molar-refractivity contribution < 1.29 is 19.1 Å². The molecule has 0 spiro atoms. The summed E-state index contributed by atoms with van der Waals surface area (Å²) in [7, 11) is 1.61. The van der Waals surface area contributed by atoms with Crippen molar-refractivity contribution in [2.75, 3.05) is 33.4 Å². The molecule has 6 heteroatoms. The van der Waals surface area contributed by atoms with Crippen molar-refractivity contribution in [3.8, 4) is 17.0 Å². The van der Waals surface area contributed by atoms with Crippen LogP contribution in [0.5, 0.6) is 5.75 Å². The molecule has 1 aromatic carbocycles. The van der Waals surface area contributed by atoms with Gasteiger partial charge in [0.1, 0.15) is 5.75 Å². The number of morpholine rings is 1. The number of nitrogens with zero attached hydrogens (tertiary/aromatic N) is 2. The highest BCUT2D eigenvalue weighted by Gasteiger charge is 2.30. The second-order valence-corrected chi connectivity index (χ2v) is 6.17. The van der Waals surface area contributed by atoms with Gasteiger partial charge in [-0.15, -0.1) is 0 Å². The molecular formula is C20H18N2O4. The van der Waals surface area contributed by atoms with Gasteiger partial charge in [0.25, 0.3) is 0 Å². The van der Waals surface area contributed by atoms with Crippen molar-refractivity contribution in [3.05, 3.63) is 59.4 Å². The van der Waals surface area contributed by atoms with Gasteiger partial charge in [0, 0.05) is 36.5 Å². The summed E-state index contributed by atoms with van der Waals surface area (Å²) in [5, 5.41) is 0. The molecule has 0 N–H and O–H groups in total. The van der Waals surface area contributed by atoms with Gasteiger partial charge in [-0.1, -0.05) is 0 Å². The molecular weight excluding hydrogens is 332 g/mol. The molecule has 132 valence electrons. The number of hydrogen-bond acceptors (Lipinski definition) is 6. The lowest BCUT2D eigenvalue weighted by atomic mass is 9.92. The Hall–Kier alpha value is -2.99. The number of carbonyl (C=O) groups is 2. The standard InChI is InChI=1S/C20H18N2O4/c1-25-14-4-2-13(3-5-14)17-10-15-16(12-21-17)20(24)18(11-19(15)23)22-6-8-26-9-7-22/h2-5,10-12H,6-9H2,1H3. The fourth-order valence-corrected chi connectivity index (χ4v) is 3.20. The summed E-state index contributed by atoms with van der Waals surface area (Å²) in [4.78, 5) is 31.8. The number of ether oxygens (including phenoxy) is 2. The number of allylic oxidation sites excluding steroid dienone is 2. The maximum atomic E-state index is 12.8. The first-order chi connectivity index (χ1) is 12.7. The van der Waals surface area contributed by atoms with E-state index in [1.165, 1.54) is 12.3 Å². The first-order valence-corrected chi connectivity index (χ1v) is 8.45. The SMILES string of the molecule is COc1ccc(-c2cc3c(cn2)C(=O)C(N2CCOCC2)=CC3=O)cc1. The second-order valence-electron chi connectivity index (χ2n) is 6.17. The van der Waals surface area contributed by atoms with Crippen molar-refractivity contribution in [1.82, 2.24) is 9.88 Å². The van der Waals surface area contributed by atoms with Gasteiger partial charge in [-0.3, -0.25) is 14.6 Å². The highest BCUT2D eigenvalue weighted by molar-refractivity contribution is 6.24. The molecule has 1 aliphatic carbocycles. The Balaban J connectivity index is 1.67. The number of rotatable bonds is 3. The van der Waals surface area contributed by atoms with Crippen LogP contribution in [-0.4, -0.2) is 54.9 Å². The molecule has 1 aliphatic heterocycles. The first-order valence-electron chi connectivity index (χ1n) is 8.45. The van der Waals surface area contributed by atoms with Gasteiger partial charge < -0.3 is 14.4 Å². The van der Waals surface area contributed by atoms with E-state index in [0.29, 0.717) is 48.8 Å². The molecule has 6 nitrogen and oxygen atoms in total. The van der Waals surface area contributed by atoms with Gasteiger partial charge in [0.15, 0.2) is 5.78 Å². The van der Waals surface area contributed by atoms with Crippen LogP contribution in [0.1, 0.15) is 20.7 Å². The van der Waals surface area contributed by atoms with Crippen LogP contribution in [0, 0.1) is 0 Å². The topological polar surface area (TPSA) is 68.7 Å². The molecule has 2 heterocycles. The van der Waals surface area contributed by atoms with Gasteiger partial charge in [-0.05, 0) is 30.3 Å². The Kier molecular flexibility index (Phi) is 4.26. The maximum absolute atomic E-state index is 12.8. The third kappa shape index (κ3) is 2.88. The number of aromatic nitrogens is 1. The Bertz CT molecular complexity index is 897. The molecule has 1 aromatic heterocycles. The van der Waals surface area contributed by atoms with Crippen molar-refractivity contribution >= 4 is 11.6 Å². The molecule has 26 heavy (non-hydrogen) atoms. The van der Waals surface area contributed by atoms with E-state index in [-0.39, 0.29) is 11.6 Å². The van der Waals surface area contributed by atoms with Crippen molar-refractivity contribution in [3.63, 3.8) is 0 Å². The van der Waals surface area contributed by atoms with E-state index in [1.807, 2.05) is 29.2 Å². The number of methoxy groups -OCH3 is 1. The van der Waals surface area contributed by atoms with Gasteiger partial charge in [0.05, 0.1) is 37.3 Å². The molecule has 0 unspecified atom stereocenters. The van der Waals surface area contributed by atoms with E-state index >= 15 is 0 Å². The molecule has 4 rings (SSSR count). The number of carbonyl (C=O) groups excluding carboxylic acids is 2. The number of ketones is 2. The van der Waals surface area contributed by atoms with Crippen LogP contribution in [0.3, 0.4) is 0 Å². The number of fused-ring (bicyclic) bond motifs is 1. The minimum Gasteiger partial charge on any atom is -0.497 e. The largest absolute Gasteiger partial charge is 0.497 e. The smallest absolute Gasteiger partial charge is 0.211 e. The molecule has 1 fully saturated rings. The fraction of sp³-hybridized carbons (Fsp3) is 0.250. The molecule has 0 bridgehead atoms. The molecule has 2 aromatic rings. The van der Waals surface area contributed by atoms with Crippen LogP contribution >= 0.6 is 0 Å². The van der Waals surface area contributed by atoms with Crippen LogP contribution in [0.4, 0.5) is 0 Å². The summed E-state index contributed by atoms with van der Waals surface area (Å²) in [6.07, 6.45) is 2.94. The summed E-state index contributed by atoms with van der Waals surface area (Å²) >= 11 is 0. The van der Waals surface area contributed by atoms with Crippen LogP contribution in [0.2, 0.25) is 0 Å². The van der Waals surface area contributed by atoms with Crippen molar-refractivity contribution in [2.45, 2.75) is 0 Å². The van der Waals surface area contributed by atoms with E-state index in [4.69, 9.17) is 9.47 Å². The lowest BCUT2D eigenvalue weighted by Crippen LogP contribution is -2.39. The summed E-state index contributed by atoms with van der Waals surface area (Å²) in [5.74, 6) is 0.421. The normalized spacial score (nSPS) is 17.0. The van der Waals surface area contributed by atoms with E-state index in [1.54, 1.807) is 13.2 Å². The average molecular weight is 350 g/mol. The predicted molar refractivity (Wildman–Crippen MR) is 95.4 cm³/mol. The van der Waals surface area contributed by atoms with Crippen molar-refractivity contribution in [2.24, 2.45) is 0 Å². The Morgan fingerprint density at radius 1 is 1.08 bits per heavy atom. The first kappa shape index (κ1) is 16.5. The zero-order chi connectivity index (χ0) is 18.1. The average Bonchev–Trinajstić information content (AvgIpc) is 2.71. The maximum Gasteiger partial charge on any atom is 0.211 e. The van der Waals surface area contributed by atoms with E-state index < -0.39 is 0 Å². The minimum atomic E-state index is -0.168. The molecule has 0 radical (unpaired) electrons. The number of pyridine rings is 1. The summed E-state index contributed by atoms with van der Waals surface area (Å²) < 4.78 is 10.5. The van der Waals surface area contributed by atoms with E-state index in [0.717, 1.165) is 11.3 Å². The van der Waals surface area contributed by atoms with Crippen LogP contribution in [-0.2, 0) is 4.74 Å². The second kappa shape index (κ2) is 6.72. The van der Waals surface area contributed by atoms with Gasteiger partial charge >= 0.3 is 0 Å². The molecule has 1 saturated heterocycles. The lowest BCUT2D eigenvalue weighted by Gasteiger charge is -2.31. The van der Waals surface area contributed by atoms with Gasteiger partial charge in [-0.2, -0.15) is 0 Å². The fourth-order valence-electron chi connectivity index (χ4n) is 3.20. The summed E-state index contributed by atoms with van der Waals surface area (Å²) in [6.45, 7) is 2.33. The molecule has 0 amide bonds. The van der Waals surface area contributed by atoms with E-state index in [9.17, 15) is 9.59 Å². The Morgan fingerprint density at radius 3 is 2.50 bits per heavy atom. The number of benzene rings is 1. The third-order valence-electron chi connectivity index (χ3n) is 4.65. The third-order valence-corrected chi connectivity index (χ3v) is 4.65. The van der Waals surface area contributed by atoms with Crippen LogP contribution in [0.15, 0.2) is 48.3 Å². The predicted octanol–water partition coefficient (Wildman–Crippen LogP) is 2.35. The lowest BCUT2D eigenvalue weighted by molar-refractivity contribution is 0.0501. The highest BCUT2D eigenvalue weighted by Crippen LogP contribution is 2.28. The van der Waals surface area contributed by atoms with Crippen molar-refractivity contribution in [1.29, 1.82) is 0 Å². The molecule has 0 saturated carbocycles. The molecule has 0 atom stereocenters. The minimum absolute atomic E-state index is 0.157. The van der Waals surface area contributed by atoms with Crippen LogP contribution in [0.25, 0.3) is 11.3 Å². The zero-order valence-electron chi connectivity index (χ0n) is 14.4. The monoisotopic (exact) mass is 350 g/mol. The summed E-state index contributed by atoms with van der Waals surface area (Å²) in [5.41, 5.74) is 2.70. The zero-order valence-corrected chi connectivity index (χ0v) is 14.4. The van der Waals surface area contributed by atoms with Gasteiger partial charge in [-0.25, -0.2) is 0 Å². The Morgan fingerprint density at radius 2 is 1.81 bits per heavy atom.